The van der Waals surface area contributed by atoms with E-state index in [1.54, 1.807) is 6.07 Å². The van der Waals surface area contributed by atoms with E-state index < -0.39 is 0 Å². The van der Waals surface area contributed by atoms with E-state index in [-0.39, 0.29) is 17.7 Å². The quantitative estimate of drug-likeness (QED) is 0.849. The van der Waals surface area contributed by atoms with Gasteiger partial charge in [0, 0.05) is 17.5 Å². The van der Waals surface area contributed by atoms with Gasteiger partial charge in [0.05, 0.1) is 15.6 Å². The van der Waals surface area contributed by atoms with Crippen molar-refractivity contribution in [2.24, 2.45) is 5.92 Å². The van der Waals surface area contributed by atoms with E-state index in [0.717, 1.165) is 47.5 Å². The number of carbonyl (C=O) groups excluding carboxylic acids is 2. The monoisotopic (exact) mass is 374 g/mol. The number of hydrogen-bond donors (Lipinski definition) is 1. The summed E-state index contributed by atoms with van der Waals surface area (Å²) in [7, 11) is 0. The van der Waals surface area contributed by atoms with Gasteiger partial charge in [0.15, 0.2) is 0 Å². The van der Waals surface area contributed by atoms with Crippen molar-refractivity contribution in [1.82, 2.24) is 0 Å². The number of hydrogen-bond acceptors (Lipinski definition) is 3. The molecular formula is C19H19ClN2O2S. The molecule has 0 saturated heterocycles. The molecule has 1 saturated carbocycles. The molecule has 1 fully saturated rings. The summed E-state index contributed by atoms with van der Waals surface area (Å²) in [6.45, 7) is 2.70. The van der Waals surface area contributed by atoms with E-state index in [4.69, 9.17) is 11.6 Å². The van der Waals surface area contributed by atoms with Crippen LogP contribution in [0.15, 0.2) is 24.3 Å². The van der Waals surface area contributed by atoms with Crippen LogP contribution in [0.3, 0.4) is 0 Å². The number of rotatable bonds is 3. The molecule has 1 aromatic carbocycles. The number of carbonyl (C=O) groups is 2. The number of aryl methyl sites for hydroxylation is 2. The van der Waals surface area contributed by atoms with Crippen molar-refractivity contribution >= 4 is 45.4 Å². The molecule has 2 heterocycles. The molecule has 2 amide bonds. The number of fused-ring (bicyclic) bond motifs is 1. The van der Waals surface area contributed by atoms with Crippen LogP contribution in [0.1, 0.15) is 40.1 Å². The van der Waals surface area contributed by atoms with Gasteiger partial charge in [0.2, 0.25) is 5.91 Å². The van der Waals surface area contributed by atoms with Gasteiger partial charge < -0.3 is 10.2 Å². The van der Waals surface area contributed by atoms with Crippen LogP contribution in [-0.4, -0.2) is 18.4 Å². The van der Waals surface area contributed by atoms with Crippen molar-refractivity contribution < 1.29 is 9.59 Å². The second-order valence-electron chi connectivity index (χ2n) is 6.72. The molecule has 4 nitrogen and oxygen atoms in total. The largest absolute Gasteiger partial charge is 0.317 e. The average Bonchev–Trinajstić information content (AvgIpc) is 3.33. The Morgan fingerprint density at radius 3 is 2.84 bits per heavy atom. The van der Waals surface area contributed by atoms with Crippen molar-refractivity contribution in [3.63, 3.8) is 0 Å². The Morgan fingerprint density at radius 2 is 2.08 bits per heavy atom. The summed E-state index contributed by atoms with van der Waals surface area (Å²) in [5, 5.41) is 4.37. The first-order valence-electron chi connectivity index (χ1n) is 8.54. The summed E-state index contributed by atoms with van der Waals surface area (Å²) in [6, 6.07) is 7.48. The van der Waals surface area contributed by atoms with Crippen molar-refractivity contribution in [2.45, 2.75) is 32.6 Å². The predicted molar refractivity (Wildman–Crippen MR) is 102 cm³/mol. The molecule has 130 valence electrons. The predicted octanol–water partition coefficient (Wildman–Crippen LogP) is 4.65. The highest BCUT2D eigenvalue weighted by molar-refractivity contribution is 7.18. The second kappa shape index (κ2) is 6.46. The van der Waals surface area contributed by atoms with E-state index >= 15 is 0 Å². The first kappa shape index (κ1) is 16.6. The Hall–Kier alpha value is -1.85. The van der Waals surface area contributed by atoms with Gasteiger partial charge in [-0.25, -0.2) is 0 Å². The highest BCUT2D eigenvalue weighted by Gasteiger charge is 2.30. The van der Waals surface area contributed by atoms with Crippen LogP contribution in [0.25, 0.3) is 0 Å². The molecule has 1 N–H and O–H groups in total. The third-order valence-electron chi connectivity index (χ3n) is 4.70. The zero-order valence-corrected chi connectivity index (χ0v) is 15.5. The van der Waals surface area contributed by atoms with Crippen LogP contribution in [0, 0.1) is 12.8 Å². The summed E-state index contributed by atoms with van der Waals surface area (Å²) in [5.41, 5.74) is 3.13. The van der Waals surface area contributed by atoms with E-state index in [0.29, 0.717) is 16.4 Å². The maximum absolute atomic E-state index is 13.0. The van der Waals surface area contributed by atoms with Crippen LogP contribution in [0.5, 0.6) is 0 Å². The fraction of sp³-hybridized carbons (Fsp3) is 0.368. The van der Waals surface area contributed by atoms with Crippen LogP contribution >= 0.6 is 22.9 Å². The van der Waals surface area contributed by atoms with Crippen molar-refractivity contribution in [3.05, 3.63) is 45.3 Å². The number of nitrogens with one attached hydrogen (secondary N) is 1. The number of anilines is 2. The van der Waals surface area contributed by atoms with E-state index in [2.05, 4.69) is 5.32 Å². The van der Waals surface area contributed by atoms with Crippen molar-refractivity contribution in [1.29, 1.82) is 0 Å². The van der Waals surface area contributed by atoms with Crippen LogP contribution in [0.4, 0.5) is 10.7 Å². The number of amides is 2. The lowest BCUT2D eigenvalue weighted by molar-refractivity contribution is -0.117. The highest BCUT2D eigenvalue weighted by Crippen LogP contribution is 2.36. The maximum atomic E-state index is 13.0. The normalized spacial score (nSPS) is 16.5. The van der Waals surface area contributed by atoms with E-state index in [9.17, 15) is 9.59 Å². The molecule has 1 aliphatic heterocycles. The molecule has 1 aliphatic carbocycles. The molecule has 25 heavy (non-hydrogen) atoms. The topological polar surface area (TPSA) is 49.4 Å². The summed E-state index contributed by atoms with van der Waals surface area (Å²) < 4.78 is 0. The molecule has 4 rings (SSSR count). The van der Waals surface area contributed by atoms with Crippen LogP contribution in [0.2, 0.25) is 5.02 Å². The lowest BCUT2D eigenvalue weighted by Crippen LogP contribution is -2.35. The number of nitrogens with zero attached hydrogens (tertiary/aromatic N) is 1. The second-order valence-corrected chi connectivity index (χ2v) is 8.24. The SMILES string of the molecule is Cc1cc(Cl)cc2c1N(C(=O)c1ccc(NC(=O)C3CC3)s1)CCC2. The van der Waals surface area contributed by atoms with E-state index in [1.807, 2.05) is 30.0 Å². The third-order valence-corrected chi connectivity index (χ3v) is 5.91. The van der Waals surface area contributed by atoms with Gasteiger partial charge >= 0.3 is 0 Å². The third kappa shape index (κ3) is 3.31. The minimum absolute atomic E-state index is 0.0108. The molecule has 0 spiro atoms. The summed E-state index contributed by atoms with van der Waals surface area (Å²) in [4.78, 5) is 27.4. The Balaban J connectivity index is 1.58. The van der Waals surface area contributed by atoms with Gasteiger partial charge in [-0.2, -0.15) is 0 Å². The van der Waals surface area contributed by atoms with Crippen molar-refractivity contribution in [3.8, 4) is 0 Å². The molecule has 0 radical (unpaired) electrons. The van der Waals surface area contributed by atoms with Gasteiger partial charge in [-0.15, -0.1) is 11.3 Å². The Bertz CT molecular complexity index is 857. The minimum Gasteiger partial charge on any atom is -0.317 e. The highest BCUT2D eigenvalue weighted by atomic mass is 35.5. The number of thiophene rings is 1. The van der Waals surface area contributed by atoms with Gasteiger partial charge in [0.25, 0.3) is 5.91 Å². The van der Waals surface area contributed by atoms with Crippen LogP contribution < -0.4 is 10.2 Å². The molecule has 0 atom stereocenters. The first-order chi connectivity index (χ1) is 12.0. The zero-order valence-electron chi connectivity index (χ0n) is 14.0. The molecule has 2 aromatic rings. The number of halogens is 1. The van der Waals surface area contributed by atoms with E-state index in [1.165, 1.54) is 11.3 Å². The van der Waals surface area contributed by atoms with Gasteiger partial charge in [-0.05, 0) is 68.0 Å². The molecule has 1 aromatic heterocycles. The van der Waals surface area contributed by atoms with Gasteiger partial charge in [-0.1, -0.05) is 11.6 Å². The molecule has 2 aliphatic rings. The van der Waals surface area contributed by atoms with Gasteiger partial charge in [-0.3, -0.25) is 9.59 Å². The van der Waals surface area contributed by atoms with Crippen molar-refractivity contribution in [2.75, 3.05) is 16.8 Å². The smallest absolute Gasteiger partial charge is 0.268 e. The fourth-order valence-corrected chi connectivity index (χ4v) is 4.50. The molecule has 0 unspecified atom stereocenters. The number of benzene rings is 1. The average molecular weight is 375 g/mol. The van der Waals surface area contributed by atoms with Crippen LogP contribution in [-0.2, 0) is 11.2 Å². The Labute approximate surface area is 155 Å². The van der Waals surface area contributed by atoms with Gasteiger partial charge in [0.1, 0.15) is 0 Å². The summed E-state index contributed by atoms with van der Waals surface area (Å²) in [6.07, 6.45) is 3.80. The Kier molecular flexibility index (Phi) is 4.29. The standard InChI is InChI=1S/C19H19ClN2O2S/c1-11-9-14(20)10-13-3-2-8-22(17(11)13)19(24)15-6-7-16(25-15)21-18(23)12-4-5-12/h6-7,9-10,12H,2-5,8H2,1H3,(H,21,23). The molecular weight excluding hydrogens is 356 g/mol. The molecule has 0 bridgehead atoms. The molecule has 6 heteroatoms. The summed E-state index contributed by atoms with van der Waals surface area (Å²) in [5.74, 6) is 0.209. The fourth-order valence-electron chi connectivity index (χ4n) is 3.35. The Morgan fingerprint density at radius 1 is 1.28 bits per heavy atom. The first-order valence-corrected chi connectivity index (χ1v) is 9.74. The lowest BCUT2D eigenvalue weighted by atomic mass is 9.98. The lowest BCUT2D eigenvalue weighted by Gasteiger charge is -2.31. The summed E-state index contributed by atoms with van der Waals surface area (Å²) >= 11 is 7.51. The maximum Gasteiger partial charge on any atom is 0.268 e. The zero-order chi connectivity index (χ0) is 17.6. The minimum atomic E-state index is -0.0108.